The van der Waals surface area contributed by atoms with Gasteiger partial charge in [-0.1, -0.05) is 12.1 Å². The monoisotopic (exact) mass is 244 g/mol. The normalized spacial score (nSPS) is 10.1. The zero-order valence-electron chi connectivity index (χ0n) is 9.79. The molecular weight excluding hydrogens is 232 g/mol. The zero-order valence-corrected chi connectivity index (χ0v) is 9.79. The molecule has 0 aliphatic heterocycles. The summed E-state index contributed by atoms with van der Waals surface area (Å²) < 4.78 is 5.56. The van der Waals surface area contributed by atoms with Gasteiger partial charge < -0.3 is 10.5 Å². The molecule has 5 nitrogen and oxygen atoms in total. The average Bonchev–Trinajstić information content (AvgIpc) is 2.33. The highest BCUT2D eigenvalue weighted by Gasteiger charge is 2.15. The van der Waals surface area contributed by atoms with Crippen LogP contribution in [-0.4, -0.2) is 4.92 Å². The summed E-state index contributed by atoms with van der Waals surface area (Å²) in [7, 11) is 0. The number of benzene rings is 2. The summed E-state index contributed by atoms with van der Waals surface area (Å²) in [5.41, 5.74) is 7.03. The molecule has 0 atom stereocenters. The lowest BCUT2D eigenvalue weighted by molar-refractivity contribution is -0.385. The van der Waals surface area contributed by atoms with E-state index in [0.717, 1.165) is 5.56 Å². The second-order valence-electron chi connectivity index (χ2n) is 3.85. The summed E-state index contributed by atoms with van der Waals surface area (Å²) in [5.74, 6) is 0.772. The summed E-state index contributed by atoms with van der Waals surface area (Å²) >= 11 is 0. The molecule has 0 amide bonds. The van der Waals surface area contributed by atoms with E-state index >= 15 is 0 Å². The minimum Gasteiger partial charge on any atom is -0.450 e. The maximum absolute atomic E-state index is 10.9. The van der Waals surface area contributed by atoms with Crippen molar-refractivity contribution >= 4 is 11.4 Å². The Morgan fingerprint density at radius 1 is 1.17 bits per heavy atom. The number of nitro benzene ring substituents is 1. The number of nitro groups is 1. The van der Waals surface area contributed by atoms with Crippen LogP contribution in [0.2, 0.25) is 0 Å². The molecule has 0 unspecified atom stereocenters. The molecule has 0 spiro atoms. The van der Waals surface area contributed by atoms with Gasteiger partial charge in [0.25, 0.3) is 0 Å². The Morgan fingerprint density at radius 3 is 2.56 bits per heavy atom. The van der Waals surface area contributed by atoms with Crippen LogP contribution in [0.1, 0.15) is 5.56 Å². The molecule has 18 heavy (non-hydrogen) atoms. The number of ether oxygens (including phenoxy) is 1. The van der Waals surface area contributed by atoms with Crippen LogP contribution >= 0.6 is 0 Å². The largest absolute Gasteiger partial charge is 0.450 e. The second kappa shape index (κ2) is 4.75. The van der Waals surface area contributed by atoms with Crippen molar-refractivity contribution in [1.29, 1.82) is 0 Å². The summed E-state index contributed by atoms with van der Waals surface area (Å²) in [4.78, 5) is 10.4. The quantitative estimate of drug-likeness (QED) is 0.510. The highest BCUT2D eigenvalue weighted by molar-refractivity contribution is 5.52. The first-order valence-electron chi connectivity index (χ1n) is 5.35. The first-order chi connectivity index (χ1) is 8.58. The molecule has 2 aromatic carbocycles. The lowest BCUT2D eigenvalue weighted by Gasteiger charge is -2.09. The molecule has 2 aromatic rings. The van der Waals surface area contributed by atoms with Crippen LogP contribution in [0.4, 0.5) is 11.4 Å². The maximum atomic E-state index is 10.9. The number of nitrogen functional groups attached to an aromatic ring is 1. The van der Waals surface area contributed by atoms with Crippen molar-refractivity contribution in [2.24, 2.45) is 0 Å². The van der Waals surface area contributed by atoms with E-state index in [1.807, 2.05) is 6.92 Å². The Hall–Kier alpha value is -2.56. The number of para-hydroxylation sites is 2. The molecule has 0 heterocycles. The van der Waals surface area contributed by atoms with Crippen LogP contribution in [0.3, 0.4) is 0 Å². The van der Waals surface area contributed by atoms with Gasteiger partial charge in [0.2, 0.25) is 5.75 Å². The third kappa shape index (κ3) is 2.40. The van der Waals surface area contributed by atoms with E-state index in [1.165, 1.54) is 6.07 Å². The number of hydrogen-bond acceptors (Lipinski definition) is 4. The van der Waals surface area contributed by atoms with Crippen LogP contribution < -0.4 is 10.5 Å². The van der Waals surface area contributed by atoms with E-state index in [4.69, 9.17) is 10.5 Å². The van der Waals surface area contributed by atoms with Crippen molar-refractivity contribution in [2.75, 3.05) is 5.73 Å². The van der Waals surface area contributed by atoms with Crippen LogP contribution in [-0.2, 0) is 0 Å². The van der Waals surface area contributed by atoms with Gasteiger partial charge in [-0.25, -0.2) is 0 Å². The third-order valence-corrected chi connectivity index (χ3v) is 2.48. The van der Waals surface area contributed by atoms with Gasteiger partial charge in [-0.2, -0.15) is 0 Å². The predicted molar refractivity (Wildman–Crippen MR) is 68.8 cm³/mol. The van der Waals surface area contributed by atoms with Crippen molar-refractivity contribution in [3.8, 4) is 11.5 Å². The standard InChI is InChI=1S/C13H12N2O3/c1-9-8-10(14)6-7-12(9)18-13-5-3-2-4-11(13)15(16)17/h2-8H,14H2,1H3. The van der Waals surface area contributed by atoms with E-state index in [2.05, 4.69) is 0 Å². The number of nitrogens with two attached hydrogens (primary N) is 1. The average molecular weight is 244 g/mol. The lowest BCUT2D eigenvalue weighted by atomic mass is 10.2. The SMILES string of the molecule is Cc1cc(N)ccc1Oc1ccccc1[N+](=O)[O-]. The number of nitrogens with zero attached hydrogens (tertiary/aromatic N) is 1. The minimum absolute atomic E-state index is 0.0614. The smallest absolute Gasteiger partial charge is 0.311 e. The number of anilines is 1. The van der Waals surface area contributed by atoms with Crippen molar-refractivity contribution < 1.29 is 9.66 Å². The lowest BCUT2D eigenvalue weighted by Crippen LogP contribution is -1.95. The maximum Gasteiger partial charge on any atom is 0.311 e. The Balaban J connectivity index is 2.37. The molecule has 0 aliphatic carbocycles. The molecule has 0 fully saturated rings. The van der Waals surface area contributed by atoms with Crippen LogP contribution in [0.15, 0.2) is 42.5 Å². The third-order valence-electron chi connectivity index (χ3n) is 2.48. The minimum atomic E-state index is -0.470. The zero-order chi connectivity index (χ0) is 13.1. The first kappa shape index (κ1) is 11.9. The van der Waals surface area contributed by atoms with Crippen molar-refractivity contribution in [3.05, 3.63) is 58.1 Å². The fraction of sp³-hybridized carbons (Fsp3) is 0.0769. The topological polar surface area (TPSA) is 78.4 Å². The van der Waals surface area contributed by atoms with E-state index in [1.54, 1.807) is 36.4 Å². The van der Waals surface area contributed by atoms with Crippen molar-refractivity contribution in [2.45, 2.75) is 6.92 Å². The van der Waals surface area contributed by atoms with Gasteiger partial charge in [-0.05, 0) is 36.8 Å². The Kier molecular flexibility index (Phi) is 3.14. The molecule has 0 saturated heterocycles. The predicted octanol–water partition coefficient (Wildman–Crippen LogP) is 3.28. The van der Waals surface area contributed by atoms with Crippen molar-refractivity contribution in [3.63, 3.8) is 0 Å². The Morgan fingerprint density at radius 2 is 1.89 bits per heavy atom. The molecular formula is C13H12N2O3. The van der Waals surface area contributed by atoms with E-state index in [-0.39, 0.29) is 11.4 Å². The van der Waals surface area contributed by atoms with E-state index in [9.17, 15) is 10.1 Å². The van der Waals surface area contributed by atoms with Crippen molar-refractivity contribution in [1.82, 2.24) is 0 Å². The fourth-order valence-electron chi connectivity index (χ4n) is 1.60. The van der Waals surface area contributed by atoms with Crippen LogP contribution in [0.5, 0.6) is 11.5 Å². The highest BCUT2D eigenvalue weighted by atomic mass is 16.6. The van der Waals surface area contributed by atoms with Crippen LogP contribution in [0.25, 0.3) is 0 Å². The fourth-order valence-corrected chi connectivity index (χ4v) is 1.60. The summed E-state index contributed by atoms with van der Waals surface area (Å²) in [5, 5.41) is 10.9. The molecule has 2 N–H and O–H groups in total. The molecule has 2 rings (SSSR count). The summed E-state index contributed by atoms with van der Waals surface area (Å²) in [6.07, 6.45) is 0. The highest BCUT2D eigenvalue weighted by Crippen LogP contribution is 2.32. The Bertz CT molecular complexity index is 597. The van der Waals surface area contributed by atoms with E-state index < -0.39 is 4.92 Å². The van der Waals surface area contributed by atoms with Gasteiger partial charge in [0.15, 0.2) is 0 Å². The number of aryl methyl sites for hydroxylation is 1. The van der Waals surface area contributed by atoms with Gasteiger partial charge >= 0.3 is 5.69 Å². The van der Waals surface area contributed by atoms with Gasteiger partial charge in [0, 0.05) is 11.8 Å². The van der Waals surface area contributed by atoms with Gasteiger partial charge in [0.05, 0.1) is 4.92 Å². The number of hydrogen-bond donors (Lipinski definition) is 1. The van der Waals surface area contributed by atoms with E-state index in [0.29, 0.717) is 11.4 Å². The first-order valence-corrected chi connectivity index (χ1v) is 5.35. The molecule has 92 valence electrons. The van der Waals surface area contributed by atoms with Gasteiger partial charge in [-0.15, -0.1) is 0 Å². The molecule has 0 aromatic heterocycles. The van der Waals surface area contributed by atoms with Gasteiger partial charge in [0.1, 0.15) is 5.75 Å². The summed E-state index contributed by atoms with van der Waals surface area (Å²) in [6.45, 7) is 1.83. The number of rotatable bonds is 3. The Labute approximate surface area is 104 Å². The summed E-state index contributed by atoms with van der Waals surface area (Å²) in [6, 6.07) is 11.4. The molecule has 0 bridgehead atoms. The molecule has 0 radical (unpaired) electrons. The molecule has 5 heteroatoms. The molecule has 0 saturated carbocycles. The van der Waals surface area contributed by atoms with Gasteiger partial charge in [-0.3, -0.25) is 10.1 Å². The second-order valence-corrected chi connectivity index (χ2v) is 3.85. The molecule has 0 aliphatic rings. The van der Waals surface area contributed by atoms with Crippen LogP contribution in [0, 0.1) is 17.0 Å².